The molecule has 0 saturated heterocycles. The third kappa shape index (κ3) is 3.44. The molecule has 1 heterocycles. The first-order chi connectivity index (χ1) is 8.10. The molecule has 0 aliphatic carbocycles. The van der Waals surface area contributed by atoms with Gasteiger partial charge in [0.2, 0.25) is 11.5 Å². The average molecular weight is 238 g/mol. The summed E-state index contributed by atoms with van der Waals surface area (Å²) >= 11 is 0. The highest BCUT2D eigenvalue weighted by atomic mass is 16.4. The molecule has 0 aliphatic rings. The van der Waals surface area contributed by atoms with Crippen LogP contribution in [0.5, 0.6) is 0 Å². The fourth-order valence-corrected chi connectivity index (χ4v) is 1.76. The fourth-order valence-electron chi connectivity index (χ4n) is 1.76. The molecule has 4 nitrogen and oxygen atoms in total. The Morgan fingerprint density at radius 2 is 1.94 bits per heavy atom. The Labute approximate surface area is 101 Å². The normalized spacial score (nSPS) is 12.4. The number of hydrogen-bond acceptors (Lipinski definition) is 3. The molecular formula is C13H18O4. The maximum atomic E-state index is 12.0. The third-order valence-corrected chi connectivity index (χ3v) is 2.83. The number of carboxylic acids is 1. The van der Waals surface area contributed by atoms with Crippen LogP contribution in [0, 0.1) is 5.92 Å². The minimum absolute atomic E-state index is 0.0669. The van der Waals surface area contributed by atoms with Crippen molar-refractivity contribution in [3.63, 3.8) is 0 Å². The molecule has 0 bridgehead atoms. The van der Waals surface area contributed by atoms with Crippen LogP contribution >= 0.6 is 0 Å². The van der Waals surface area contributed by atoms with E-state index in [0.29, 0.717) is 0 Å². The van der Waals surface area contributed by atoms with Gasteiger partial charge in [-0.3, -0.25) is 4.79 Å². The van der Waals surface area contributed by atoms with E-state index in [0.717, 1.165) is 25.7 Å². The van der Waals surface area contributed by atoms with Crippen molar-refractivity contribution in [3.8, 4) is 0 Å². The number of Topliss-reactive ketones (excluding diaryl/α,β-unsaturated/α-hetero) is 1. The zero-order valence-corrected chi connectivity index (χ0v) is 10.2. The van der Waals surface area contributed by atoms with Crippen molar-refractivity contribution >= 4 is 11.8 Å². The second kappa shape index (κ2) is 6.23. The first-order valence-electron chi connectivity index (χ1n) is 5.97. The third-order valence-electron chi connectivity index (χ3n) is 2.83. The van der Waals surface area contributed by atoms with E-state index < -0.39 is 5.97 Å². The van der Waals surface area contributed by atoms with Crippen molar-refractivity contribution in [2.75, 3.05) is 0 Å². The van der Waals surface area contributed by atoms with Gasteiger partial charge in [0, 0.05) is 5.92 Å². The van der Waals surface area contributed by atoms with Crippen molar-refractivity contribution in [2.45, 2.75) is 39.5 Å². The van der Waals surface area contributed by atoms with E-state index in [1.54, 1.807) is 0 Å². The highest BCUT2D eigenvalue weighted by Crippen LogP contribution is 2.20. The first kappa shape index (κ1) is 13.5. The number of carbonyl (C=O) groups is 2. The van der Waals surface area contributed by atoms with Crippen LogP contribution in [-0.2, 0) is 0 Å². The molecule has 1 rings (SSSR count). The minimum atomic E-state index is -1.15. The number of carboxylic acid groups (broad SMARTS) is 1. The summed E-state index contributed by atoms with van der Waals surface area (Å²) in [7, 11) is 0. The summed E-state index contributed by atoms with van der Waals surface area (Å²) in [6, 6.07) is 2.77. The summed E-state index contributed by atoms with van der Waals surface area (Å²) in [6.45, 7) is 4.03. The molecule has 94 valence electrons. The Bertz CT molecular complexity index is 392. The van der Waals surface area contributed by atoms with Crippen molar-refractivity contribution in [3.05, 3.63) is 23.7 Å². The summed E-state index contributed by atoms with van der Waals surface area (Å²) in [5.41, 5.74) is 0. The standard InChI is InChI=1S/C13H18O4/c1-3-5-6-9(4-2)12(14)10-7-8-11(17-10)13(15)16/h7-9H,3-6H2,1-2H3,(H,15,16). The van der Waals surface area contributed by atoms with E-state index in [2.05, 4.69) is 6.92 Å². The van der Waals surface area contributed by atoms with Crippen LogP contribution in [-0.4, -0.2) is 16.9 Å². The Morgan fingerprint density at radius 1 is 1.29 bits per heavy atom. The van der Waals surface area contributed by atoms with E-state index in [1.807, 2.05) is 6.92 Å². The Hall–Kier alpha value is -1.58. The largest absolute Gasteiger partial charge is 0.475 e. The summed E-state index contributed by atoms with van der Waals surface area (Å²) in [5, 5.41) is 8.71. The van der Waals surface area contributed by atoms with Crippen LogP contribution < -0.4 is 0 Å². The second-order valence-corrected chi connectivity index (χ2v) is 4.08. The average Bonchev–Trinajstić information content (AvgIpc) is 2.79. The maximum Gasteiger partial charge on any atom is 0.371 e. The molecule has 0 radical (unpaired) electrons. The molecule has 0 amide bonds. The van der Waals surface area contributed by atoms with Crippen molar-refractivity contribution in [1.29, 1.82) is 0 Å². The number of ketones is 1. The second-order valence-electron chi connectivity index (χ2n) is 4.08. The lowest BCUT2D eigenvalue weighted by Gasteiger charge is -2.10. The molecule has 0 fully saturated rings. The van der Waals surface area contributed by atoms with Gasteiger partial charge < -0.3 is 9.52 Å². The van der Waals surface area contributed by atoms with Crippen LogP contribution in [0.4, 0.5) is 0 Å². The smallest absolute Gasteiger partial charge is 0.371 e. The first-order valence-corrected chi connectivity index (χ1v) is 5.97. The lowest BCUT2D eigenvalue weighted by molar-refractivity contribution is 0.0658. The van der Waals surface area contributed by atoms with Gasteiger partial charge >= 0.3 is 5.97 Å². The van der Waals surface area contributed by atoms with Gasteiger partial charge in [0.15, 0.2) is 5.76 Å². The highest BCUT2D eigenvalue weighted by molar-refractivity contribution is 5.96. The van der Waals surface area contributed by atoms with Crippen molar-refractivity contribution < 1.29 is 19.1 Å². The van der Waals surface area contributed by atoms with Gasteiger partial charge in [0.1, 0.15) is 0 Å². The monoisotopic (exact) mass is 238 g/mol. The Kier molecular flexibility index (Phi) is 4.94. The molecule has 1 aromatic heterocycles. The molecule has 4 heteroatoms. The molecule has 1 unspecified atom stereocenters. The molecule has 0 spiro atoms. The van der Waals surface area contributed by atoms with E-state index >= 15 is 0 Å². The maximum absolute atomic E-state index is 12.0. The molecule has 1 atom stereocenters. The molecule has 0 aliphatic heterocycles. The van der Waals surface area contributed by atoms with Gasteiger partial charge in [-0.05, 0) is 25.0 Å². The molecule has 0 saturated carbocycles. The number of rotatable bonds is 7. The predicted octanol–water partition coefficient (Wildman–Crippen LogP) is 3.38. The summed E-state index contributed by atoms with van der Waals surface area (Å²) in [6.07, 6.45) is 3.62. The van der Waals surface area contributed by atoms with Crippen LogP contribution in [0.2, 0.25) is 0 Å². The van der Waals surface area contributed by atoms with Gasteiger partial charge in [0.05, 0.1) is 0 Å². The summed E-state index contributed by atoms with van der Waals surface area (Å²) in [5.74, 6) is -1.33. The number of carbonyl (C=O) groups excluding carboxylic acids is 1. The zero-order valence-electron chi connectivity index (χ0n) is 10.2. The van der Waals surface area contributed by atoms with Gasteiger partial charge in [-0.25, -0.2) is 4.79 Å². The van der Waals surface area contributed by atoms with Gasteiger partial charge in [-0.1, -0.05) is 26.7 Å². The lowest BCUT2D eigenvalue weighted by atomic mass is 9.93. The topological polar surface area (TPSA) is 67.5 Å². The number of unbranched alkanes of at least 4 members (excludes halogenated alkanes) is 1. The minimum Gasteiger partial charge on any atom is -0.475 e. The van der Waals surface area contributed by atoms with E-state index in [9.17, 15) is 9.59 Å². The number of hydrogen-bond donors (Lipinski definition) is 1. The number of aromatic carboxylic acids is 1. The van der Waals surface area contributed by atoms with E-state index in [1.165, 1.54) is 12.1 Å². The molecule has 17 heavy (non-hydrogen) atoms. The fraction of sp³-hybridized carbons (Fsp3) is 0.538. The van der Waals surface area contributed by atoms with Crippen LogP contribution in [0.25, 0.3) is 0 Å². The van der Waals surface area contributed by atoms with E-state index in [4.69, 9.17) is 9.52 Å². The summed E-state index contributed by atoms with van der Waals surface area (Å²) < 4.78 is 5.02. The molecular weight excluding hydrogens is 220 g/mol. The van der Waals surface area contributed by atoms with E-state index in [-0.39, 0.29) is 23.2 Å². The predicted molar refractivity (Wildman–Crippen MR) is 63.3 cm³/mol. The summed E-state index contributed by atoms with van der Waals surface area (Å²) in [4.78, 5) is 22.7. The van der Waals surface area contributed by atoms with Crippen molar-refractivity contribution in [1.82, 2.24) is 0 Å². The highest BCUT2D eigenvalue weighted by Gasteiger charge is 2.22. The van der Waals surface area contributed by atoms with Crippen LogP contribution in [0.1, 0.15) is 60.6 Å². The lowest BCUT2D eigenvalue weighted by Crippen LogP contribution is -2.13. The zero-order chi connectivity index (χ0) is 12.8. The Morgan fingerprint density at radius 3 is 2.41 bits per heavy atom. The SMILES string of the molecule is CCCCC(CC)C(=O)c1ccc(C(=O)O)o1. The number of furan rings is 1. The molecule has 0 aromatic carbocycles. The van der Waals surface area contributed by atoms with Gasteiger partial charge in [0.25, 0.3) is 0 Å². The Balaban J connectivity index is 2.75. The quantitative estimate of drug-likeness (QED) is 0.739. The molecule has 1 aromatic rings. The van der Waals surface area contributed by atoms with Crippen LogP contribution in [0.15, 0.2) is 16.5 Å². The van der Waals surface area contributed by atoms with Crippen LogP contribution in [0.3, 0.4) is 0 Å². The van der Waals surface area contributed by atoms with Gasteiger partial charge in [-0.2, -0.15) is 0 Å². The van der Waals surface area contributed by atoms with Gasteiger partial charge in [-0.15, -0.1) is 0 Å². The van der Waals surface area contributed by atoms with Crippen molar-refractivity contribution in [2.24, 2.45) is 5.92 Å². The molecule has 1 N–H and O–H groups in total.